The number of aromatic nitrogens is 3. The highest BCUT2D eigenvalue weighted by molar-refractivity contribution is 5.69. The van der Waals surface area contributed by atoms with Crippen LogP contribution in [-0.2, 0) is 0 Å². The molecule has 0 atom stereocenters. The zero-order valence-electron chi connectivity index (χ0n) is 19.0. The third-order valence-electron chi connectivity index (χ3n) is 5.65. The van der Waals surface area contributed by atoms with Gasteiger partial charge in [0.05, 0.1) is 37.0 Å². The number of ether oxygens (including phenoxy) is 2. The molecule has 0 radical (unpaired) electrons. The quantitative estimate of drug-likeness (QED) is 0.296. The van der Waals surface area contributed by atoms with Crippen LogP contribution in [0.3, 0.4) is 0 Å². The van der Waals surface area contributed by atoms with E-state index in [0.717, 1.165) is 56.5 Å². The maximum atomic E-state index is 5.23. The number of methoxy groups -OCH3 is 2. The van der Waals surface area contributed by atoms with Crippen molar-refractivity contribution in [3.8, 4) is 56.5 Å². The van der Waals surface area contributed by atoms with Crippen molar-refractivity contribution in [3.05, 3.63) is 103 Å². The minimum atomic E-state index is 0.805. The molecule has 0 saturated carbocycles. The van der Waals surface area contributed by atoms with Gasteiger partial charge in [-0.1, -0.05) is 42.5 Å². The van der Waals surface area contributed by atoms with Crippen molar-refractivity contribution in [2.75, 3.05) is 14.2 Å². The Morgan fingerprint density at radius 1 is 0.441 bits per heavy atom. The molecule has 166 valence electrons. The molecule has 0 spiro atoms. The zero-order valence-corrected chi connectivity index (χ0v) is 19.0. The Balaban J connectivity index is 1.36. The minimum absolute atomic E-state index is 0.805. The predicted molar refractivity (Wildman–Crippen MR) is 135 cm³/mol. The first-order valence-corrected chi connectivity index (χ1v) is 10.9. The fraction of sp³-hybridized carbons (Fsp3) is 0.0690. The smallest absolute Gasteiger partial charge is 0.118 e. The van der Waals surface area contributed by atoms with Crippen LogP contribution in [0.1, 0.15) is 0 Å². The van der Waals surface area contributed by atoms with E-state index in [-0.39, 0.29) is 0 Å². The molecule has 0 saturated heterocycles. The van der Waals surface area contributed by atoms with Gasteiger partial charge in [-0.2, -0.15) is 0 Å². The van der Waals surface area contributed by atoms with E-state index in [0.29, 0.717) is 0 Å². The van der Waals surface area contributed by atoms with Crippen molar-refractivity contribution in [3.63, 3.8) is 0 Å². The lowest BCUT2D eigenvalue weighted by atomic mass is 10.1. The number of nitrogens with zero attached hydrogens (tertiary/aromatic N) is 3. The lowest BCUT2D eigenvalue weighted by Gasteiger charge is -2.07. The minimum Gasteiger partial charge on any atom is -0.497 e. The molecule has 5 nitrogen and oxygen atoms in total. The van der Waals surface area contributed by atoms with E-state index in [1.165, 1.54) is 0 Å². The van der Waals surface area contributed by atoms with Crippen LogP contribution < -0.4 is 9.47 Å². The highest BCUT2D eigenvalue weighted by atomic mass is 16.5. The Morgan fingerprint density at radius 2 is 0.853 bits per heavy atom. The summed E-state index contributed by atoms with van der Waals surface area (Å²) in [5, 5.41) is 0. The molecule has 5 aromatic rings. The summed E-state index contributed by atoms with van der Waals surface area (Å²) in [5.74, 6) is 1.67. The van der Waals surface area contributed by atoms with E-state index < -0.39 is 0 Å². The first kappa shape index (κ1) is 21.3. The van der Waals surface area contributed by atoms with Gasteiger partial charge < -0.3 is 9.47 Å². The van der Waals surface area contributed by atoms with E-state index in [1.54, 1.807) is 14.2 Å². The Hall–Kier alpha value is -4.51. The Morgan fingerprint density at radius 3 is 1.21 bits per heavy atom. The molecular weight excluding hydrogens is 422 g/mol. The number of rotatable bonds is 6. The highest BCUT2D eigenvalue weighted by Crippen LogP contribution is 2.27. The number of hydrogen-bond acceptors (Lipinski definition) is 5. The van der Waals surface area contributed by atoms with Gasteiger partial charge in [-0.3, -0.25) is 9.97 Å². The molecule has 0 unspecified atom stereocenters. The summed E-state index contributed by atoms with van der Waals surface area (Å²) in [6, 6.07) is 29.9. The Labute approximate surface area is 198 Å². The maximum Gasteiger partial charge on any atom is 0.118 e. The molecular formula is C29H23N3O2. The molecule has 5 rings (SSSR count). The first-order chi connectivity index (χ1) is 16.7. The van der Waals surface area contributed by atoms with E-state index >= 15 is 0 Å². The van der Waals surface area contributed by atoms with Crippen LogP contribution in [0.15, 0.2) is 103 Å². The number of benzene rings is 2. The van der Waals surface area contributed by atoms with Crippen molar-refractivity contribution < 1.29 is 9.47 Å². The number of pyridine rings is 3. The summed E-state index contributed by atoms with van der Waals surface area (Å²) in [6.07, 6.45) is 3.74. The van der Waals surface area contributed by atoms with Gasteiger partial charge in [-0.25, -0.2) is 4.98 Å². The van der Waals surface area contributed by atoms with Crippen LogP contribution in [0.5, 0.6) is 11.5 Å². The van der Waals surface area contributed by atoms with Crippen molar-refractivity contribution in [2.45, 2.75) is 0 Å². The third-order valence-corrected chi connectivity index (χ3v) is 5.65. The monoisotopic (exact) mass is 445 g/mol. The molecule has 0 aliphatic heterocycles. The molecule has 3 heterocycles. The molecule has 2 aromatic carbocycles. The molecule has 0 aliphatic rings. The van der Waals surface area contributed by atoms with Gasteiger partial charge in [0.2, 0.25) is 0 Å². The lowest BCUT2D eigenvalue weighted by molar-refractivity contribution is 0.415. The topological polar surface area (TPSA) is 57.1 Å². The average Bonchev–Trinajstić information content (AvgIpc) is 2.93. The van der Waals surface area contributed by atoms with Crippen LogP contribution in [0, 0.1) is 0 Å². The van der Waals surface area contributed by atoms with E-state index in [1.807, 2.05) is 91.3 Å². The molecule has 5 heteroatoms. The SMILES string of the molecule is COc1ccc(-c2ccc(-c3cccc(-c4ccc(-c5ccc(OC)cc5)cn4)n3)nc2)cc1. The van der Waals surface area contributed by atoms with Crippen LogP contribution in [-0.4, -0.2) is 29.2 Å². The Kier molecular flexibility index (Phi) is 5.99. The summed E-state index contributed by atoms with van der Waals surface area (Å²) in [4.78, 5) is 14.1. The third kappa shape index (κ3) is 4.50. The largest absolute Gasteiger partial charge is 0.497 e. The molecule has 3 aromatic heterocycles. The van der Waals surface area contributed by atoms with Crippen molar-refractivity contribution >= 4 is 0 Å². The summed E-state index contributed by atoms with van der Waals surface area (Å²) in [5.41, 5.74) is 7.49. The van der Waals surface area contributed by atoms with Gasteiger partial charge in [-0.05, 0) is 59.7 Å². The second-order valence-corrected chi connectivity index (χ2v) is 7.73. The fourth-order valence-corrected chi connectivity index (χ4v) is 3.72. The summed E-state index contributed by atoms with van der Waals surface area (Å²) in [7, 11) is 3.33. The first-order valence-electron chi connectivity index (χ1n) is 10.9. The normalized spacial score (nSPS) is 10.6. The molecule has 0 bridgehead atoms. The van der Waals surface area contributed by atoms with Gasteiger partial charge in [-0.15, -0.1) is 0 Å². The van der Waals surface area contributed by atoms with Crippen molar-refractivity contribution in [2.24, 2.45) is 0 Å². The summed E-state index contributed by atoms with van der Waals surface area (Å²) < 4.78 is 10.5. The number of hydrogen-bond donors (Lipinski definition) is 0. The molecule has 0 amide bonds. The van der Waals surface area contributed by atoms with Crippen LogP contribution in [0.4, 0.5) is 0 Å². The second-order valence-electron chi connectivity index (χ2n) is 7.73. The van der Waals surface area contributed by atoms with Gasteiger partial charge in [0.25, 0.3) is 0 Å². The summed E-state index contributed by atoms with van der Waals surface area (Å²) in [6.45, 7) is 0. The standard InChI is InChI=1S/C29H23N3O2/c1-33-24-12-6-20(7-13-24)22-10-16-26(30-18-22)28-4-3-5-29(32-28)27-17-11-23(19-31-27)21-8-14-25(34-2)15-9-21/h3-19H,1-2H3. The lowest BCUT2D eigenvalue weighted by Crippen LogP contribution is -1.92. The van der Waals surface area contributed by atoms with Crippen molar-refractivity contribution in [1.82, 2.24) is 15.0 Å². The van der Waals surface area contributed by atoms with Gasteiger partial charge >= 0.3 is 0 Å². The van der Waals surface area contributed by atoms with Gasteiger partial charge in [0, 0.05) is 23.5 Å². The van der Waals surface area contributed by atoms with Crippen molar-refractivity contribution in [1.29, 1.82) is 0 Å². The van der Waals surface area contributed by atoms with Crippen LogP contribution in [0.2, 0.25) is 0 Å². The zero-order chi connectivity index (χ0) is 23.3. The second kappa shape index (κ2) is 9.55. The molecule has 0 fully saturated rings. The molecule has 0 aliphatic carbocycles. The van der Waals surface area contributed by atoms with E-state index in [9.17, 15) is 0 Å². The maximum absolute atomic E-state index is 5.23. The van der Waals surface area contributed by atoms with Gasteiger partial charge in [0.15, 0.2) is 0 Å². The highest BCUT2D eigenvalue weighted by Gasteiger charge is 2.08. The molecule has 0 N–H and O–H groups in total. The van der Waals surface area contributed by atoms with E-state index in [2.05, 4.69) is 22.1 Å². The van der Waals surface area contributed by atoms with Gasteiger partial charge in [0.1, 0.15) is 11.5 Å². The fourth-order valence-electron chi connectivity index (χ4n) is 3.72. The van der Waals surface area contributed by atoms with Crippen LogP contribution in [0.25, 0.3) is 45.0 Å². The Bertz CT molecular complexity index is 1270. The summed E-state index contributed by atoms with van der Waals surface area (Å²) >= 11 is 0. The van der Waals surface area contributed by atoms with E-state index in [4.69, 9.17) is 14.5 Å². The predicted octanol–water partition coefficient (Wildman–Crippen LogP) is 6.56. The molecule has 34 heavy (non-hydrogen) atoms. The average molecular weight is 446 g/mol. The van der Waals surface area contributed by atoms with Crippen LogP contribution >= 0.6 is 0 Å².